The number of halogens is 3. The summed E-state index contributed by atoms with van der Waals surface area (Å²) in [5.74, 6) is -0.363. The fourth-order valence-corrected chi connectivity index (χ4v) is 2.46. The van der Waals surface area contributed by atoms with Gasteiger partial charge in [0, 0.05) is 26.2 Å². The Balaban J connectivity index is 1.82. The van der Waals surface area contributed by atoms with Crippen LogP contribution in [0.5, 0.6) is 5.75 Å². The second-order valence-electron chi connectivity index (χ2n) is 6.30. The maximum atomic E-state index is 12.9. The summed E-state index contributed by atoms with van der Waals surface area (Å²) in [6, 6.07) is 11.4. The van der Waals surface area contributed by atoms with Crippen LogP contribution in [0.3, 0.4) is 0 Å². The number of anilines is 1. The van der Waals surface area contributed by atoms with Gasteiger partial charge in [-0.1, -0.05) is 24.3 Å². The van der Waals surface area contributed by atoms with E-state index in [2.05, 4.69) is 10.6 Å². The lowest BCUT2D eigenvalue weighted by Gasteiger charge is -2.16. The maximum absolute atomic E-state index is 12.9. The van der Waals surface area contributed by atoms with E-state index in [1.165, 1.54) is 30.0 Å². The predicted octanol–water partition coefficient (Wildman–Crippen LogP) is 3.88. The third-order valence-corrected chi connectivity index (χ3v) is 3.98. The van der Waals surface area contributed by atoms with Gasteiger partial charge < -0.3 is 20.3 Å². The van der Waals surface area contributed by atoms with Gasteiger partial charge in [-0.05, 0) is 29.8 Å². The number of alkyl halides is 3. The van der Waals surface area contributed by atoms with Crippen molar-refractivity contribution < 1.29 is 27.5 Å². The number of amides is 3. The molecule has 0 aliphatic rings. The first-order valence-corrected chi connectivity index (χ1v) is 8.81. The molecule has 6 nitrogen and oxygen atoms in total. The van der Waals surface area contributed by atoms with Gasteiger partial charge in [-0.2, -0.15) is 13.2 Å². The second-order valence-corrected chi connectivity index (χ2v) is 6.30. The van der Waals surface area contributed by atoms with Crippen LogP contribution in [0.15, 0.2) is 48.5 Å². The lowest BCUT2D eigenvalue weighted by atomic mass is 10.2. The van der Waals surface area contributed by atoms with Crippen molar-refractivity contribution >= 4 is 17.6 Å². The Kier molecular flexibility index (Phi) is 7.46. The average molecular weight is 409 g/mol. The maximum Gasteiger partial charge on any atom is 0.419 e. The van der Waals surface area contributed by atoms with E-state index in [-0.39, 0.29) is 24.8 Å². The summed E-state index contributed by atoms with van der Waals surface area (Å²) in [4.78, 5) is 24.8. The zero-order valence-electron chi connectivity index (χ0n) is 16.0. The zero-order chi connectivity index (χ0) is 21.4. The lowest BCUT2D eigenvalue weighted by Crippen LogP contribution is -2.32. The number of benzene rings is 2. The molecule has 0 aromatic heterocycles. The molecule has 2 rings (SSSR count). The number of ether oxygens (including phenoxy) is 1. The summed E-state index contributed by atoms with van der Waals surface area (Å²) in [6.45, 7) is 1.76. The van der Waals surface area contributed by atoms with Crippen LogP contribution in [0.4, 0.5) is 23.7 Å². The van der Waals surface area contributed by atoms with Crippen LogP contribution in [0, 0.1) is 0 Å². The van der Waals surface area contributed by atoms with Crippen LogP contribution in [0.25, 0.3) is 0 Å². The molecule has 0 saturated heterocycles. The Morgan fingerprint density at radius 1 is 1.10 bits per heavy atom. The predicted molar refractivity (Wildman–Crippen MR) is 103 cm³/mol. The largest absolute Gasteiger partial charge is 0.491 e. The van der Waals surface area contributed by atoms with Gasteiger partial charge in [0.05, 0.1) is 12.1 Å². The Hall–Kier alpha value is -3.23. The first-order valence-electron chi connectivity index (χ1n) is 8.81. The van der Waals surface area contributed by atoms with Crippen LogP contribution in [0.1, 0.15) is 18.1 Å². The van der Waals surface area contributed by atoms with E-state index in [1.54, 1.807) is 25.2 Å². The number of para-hydroxylation sites is 1. The van der Waals surface area contributed by atoms with Crippen molar-refractivity contribution in [3.8, 4) is 5.75 Å². The molecule has 0 bridgehead atoms. The summed E-state index contributed by atoms with van der Waals surface area (Å²) in [6.07, 6.45) is -4.51. The van der Waals surface area contributed by atoms with Crippen molar-refractivity contribution in [3.63, 3.8) is 0 Å². The molecule has 0 spiro atoms. The summed E-state index contributed by atoms with van der Waals surface area (Å²) < 4.78 is 43.9. The number of nitrogens with one attached hydrogen (secondary N) is 2. The van der Waals surface area contributed by atoms with Gasteiger partial charge in [-0.3, -0.25) is 4.79 Å². The van der Waals surface area contributed by atoms with Crippen LogP contribution in [-0.4, -0.2) is 37.0 Å². The standard InChI is InChI=1S/C20H22F3N3O3/c1-14(27)26(2)13-15-6-5-7-16(12-15)25-19(28)24-10-11-29-18-9-4-3-8-17(18)20(21,22)23/h3-9,12H,10-11,13H2,1-2H3,(H2,24,25,28). The first-order chi connectivity index (χ1) is 13.7. The molecule has 29 heavy (non-hydrogen) atoms. The third-order valence-electron chi connectivity index (χ3n) is 3.98. The van der Waals surface area contributed by atoms with Gasteiger partial charge in [0.2, 0.25) is 5.91 Å². The Morgan fingerprint density at radius 3 is 2.52 bits per heavy atom. The highest BCUT2D eigenvalue weighted by Crippen LogP contribution is 2.35. The highest BCUT2D eigenvalue weighted by atomic mass is 19.4. The molecule has 9 heteroatoms. The van der Waals surface area contributed by atoms with E-state index in [0.29, 0.717) is 12.2 Å². The molecule has 2 aromatic carbocycles. The summed E-state index contributed by atoms with van der Waals surface area (Å²) >= 11 is 0. The van der Waals surface area contributed by atoms with E-state index in [4.69, 9.17) is 4.74 Å². The van der Waals surface area contributed by atoms with Crippen LogP contribution < -0.4 is 15.4 Å². The van der Waals surface area contributed by atoms with Crippen molar-refractivity contribution in [2.24, 2.45) is 0 Å². The number of carbonyl (C=O) groups is 2. The van der Waals surface area contributed by atoms with E-state index in [1.807, 2.05) is 6.07 Å². The van der Waals surface area contributed by atoms with E-state index >= 15 is 0 Å². The van der Waals surface area contributed by atoms with Gasteiger partial charge in [0.1, 0.15) is 12.4 Å². The number of urea groups is 1. The number of rotatable bonds is 7. The minimum absolute atomic E-state index is 0.0186. The van der Waals surface area contributed by atoms with E-state index < -0.39 is 17.8 Å². The quantitative estimate of drug-likeness (QED) is 0.682. The molecule has 0 saturated carbocycles. The van der Waals surface area contributed by atoms with Crippen molar-refractivity contribution in [2.75, 3.05) is 25.5 Å². The second kappa shape index (κ2) is 9.81. The average Bonchev–Trinajstić information content (AvgIpc) is 2.65. The Morgan fingerprint density at radius 2 is 1.83 bits per heavy atom. The fraction of sp³-hybridized carbons (Fsp3) is 0.300. The molecule has 0 heterocycles. The van der Waals surface area contributed by atoms with Crippen LogP contribution >= 0.6 is 0 Å². The van der Waals surface area contributed by atoms with Crippen LogP contribution in [0.2, 0.25) is 0 Å². The number of hydrogen-bond donors (Lipinski definition) is 2. The fourth-order valence-electron chi connectivity index (χ4n) is 2.46. The molecule has 3 amide bonds. The highest BCUT2D eigenvalue weighted by Gasteiger charge is 2.33. The van der Waals surface area contributed by atoms with E-state index in [9.17, 15) is 22.8 Å². The zero-order valence-corrected chi connectivity index (χ0v) is 16.0. The molecule has 0 radical (unpaired) electrons. The van der Waals surface area contributed by atoms with Gasteiger partial charge >= 0.3 is 12.2 Å². The normalized spacial score (nSPS) is 10.9. The van der Waals surface area contributed by atoms with Crippen molar-refractivity contribution in [3.05, 3.63) is 59.7 Å². The minimum atomic E-state index is -4.51. The third kappa shape index (κ3) is 7.02. The molecule has 2 aromatic rings. The summed E-state index contributed by atoms with van der Waals surface area (Å²) in [5, 5.41) is 5.15. The summed E-state index contributed by atoms with van der Waals surface area (Å²) in [7, 11) is 1.67. The molecule has 0 aliphatic heterocycles. The molecule has 0 aliphatic carbocycles. The molecular weight excluding hydrogens is 387 g/mol. The smallest absolute Gasteiger partial charge is 0.419 e. The van der Waals surface area contributed by atoms with Gasteiger partial charge in [-0.25, -0.2) is 4.79 Å². The Bertz CT molecular complexity index is 856. The molecular formula is C20H22F3N3O3. The number of nitrogens with zero attached hydrogens (tertiary/aromatic N) is 1. The number of hydrogen-bond acceptors (Lipinski definition) is 3. The first kappa shape index (κ1) is 22.1. The highest BCUT2D eigenvalue weighted by molar-refractivity contribution is 5.89. The SMILES string of the molecule is CC(=O)N(C)Cc1cccc(NC(=O)NCCOc2ccccc2C(F)(F)F)c1. The van der Waals surface area contributed by atoms with Crippen LogP contribution in [-0.2, 0) is 17.5 Å². The summed E-state index contributed by atoms with van der Waals surface area (Å²) in [5.41, 5.74) is 0.504. The topological polar surface area (TPSA) is 70.7 Å². The molecule has 2 N–H and O–H groups in total. The Labute approximate surface area is 166 Å². The molecule has 156 valence electrons. The van der Waals surface area contributed by atoms with Gasteiger partial charge in [-0.15, -0.1) is 0 Å². The minimum Gasteiger partial charge on any atom is -0.491 e. The lowest BCUT2D eigenvalue weighted by molar-refractivity contribution is -0.139. The van der Waals surface area contributed by atoms with E-state index in [0.717, 1.165) is 11.6 Å². The number of carbonyl (C=O) groups excluding carboxylic acids is 2. The molecule has 0 atom stereocenters. The molecule has 0 unspecified atom stereocenters. The van der Waals surface area contributed by atoms with Crippen molar-refractivity contribution in [1.29, 1.82) is 0 Å². The monoisotopic (exact) mass is 409 g/mol. The molecule has 0 fully saturated rings. The van der Waals surface area contributed by atoms with Gasteiger partial charge in [0.15, 0.2) is 0 Å². The van der Waals surface area contributed by atoms with Crippen molar-refractivity contribution in [1.82, 2.24) is 10.2 Å². The van der Waals surface area contributed by atoms with Crippen molar-refractivity contribution in [2.45, 2.75) is 19.6 Å². The van der Waals surface area contributed by atoms with Gasteiger partial charge in [0.25, 0.3) is 0 Å².